The van der Waals surface area contributed by atoms with Crippen molar-refractivity contribution in [2.45, 2.75) is 57.4 Å². The average molecular weight is 517 g/mol. The van der Waals surface area contributed by atoms with Crippen LogP contribution in [0.25, 0.3) is 17.0 Å². The molecule has 1 aliphatic carbocycles. The maximum Gasteiger partial charge on any atom is 0.228 e. The Labute approximate surface area is 221 Å². The summed E-state index contributed by atoms with van der Waals surface area (Å²) < 4.78 is 19.4. The molecular weight excluding hydrogens is 483 g/mol. The van der Waals surface area contributed by atoms with Crippen LogP contribution < -0.4 is 11.1 Å². The first-order valence-corrected chi connectivity index (χ1v) is 13.0. The fourth-order valence-corrected chi connectivity index (χ4v) is 5.04. The van der Waals surface area contributed by atoms with Crippen molar-refractivity contribution in [3.05, 3.63) is 60.4 Å². The van der Waals surface area contributed by atoms with Crippen LogP contribution in [0.4, 0.5) is 10.2 Å². The molecule has 5 rings (SSSR count). The standard InChI is InChI=1S/C28H33FN8O/c1-3-36-14-10-24(33-36)21-6-4-20(5-7-21)16-35-15-12-28(11-13-30,25(29)18-35)37-17-23(19(2)31)26(34-37)32-27(38)22-8-9-22/h4-7,10,14,17,22,25H,2-3,8-9,11-12,15-16,18,31H2,1H3,(H,32,34,38). The van der Waals surface area contributed by atoms with Gasteiger partial charge in [-0.25, -0.2) is 4.39 Å². The molecule has 2 unspecified atom stereocenters. The lowest BCUT2D eigenvalue weighted by Gasteiger charge is -2.43. The first kappa shape index (κ1) is 25.7. The van der Waals surface area contributed by atoms with Crippen molar-refractivity contribution in [2.24, 2.45) is 11.7 Å². The number of anilines is 1. The molecule has 2 atom stereocenters. The topological polar surface area (TPSA) is 118 Å². The maximum absolute atomic E-state index is 16.0. The zero-order valence-corrected chi connectivity index (χ0v) is 21.6. The first-order valence-electron chi connectivity index (χ1n) is 13.0. The van der Waals surface area contributed by atoms with E-state index in [-0.39, 0.29) is 36.3 Å². The minimum atomic E-state index is -1.35. The number of benzene rings is 1. The van der Waals surface area contributed by atoms with Gasteiger partial charge in [0.2, 0.25) is 5.91 Å². The molecule has 3 N–H and O–H groups in total. The van der Waals surface area contributed by atoms with Gasteiger partial charge in [0.25, 0.3) is 0 Å². The second-order valence-electron chi connectivity index (χ2n) is 10.3. The van der Waals surface area contributed by atoms with Crippen LogP contribution in [0.15, 0.2) is 49.3 Å². The summed E-state index contributed by atoms with van der Waals surface area (Å²) in [7, 11) is 0. The highest BCUT2D eigenvalue weighted by Crippen LogP contribution is 2.38. The fourth-order valence-electron chi connectivity index (χ4n) is 5.04. The van der Waals surface area contributed by atoms with E-state index in [0.717, 1.165) is 36.2 Å². The predicted molar refractivity (Wildman–Crippen MR) is 143 cm³/mol. The molecule has 2 aliphatic rings. The Bertz CT molecular complexity index is 1370. The van der Waals surface area contributed by atoms with Crippen molar-refractivity contribution in [1.82, 2.24) is 24.5 Å². The second-order valence-corrected chi connectivity index (χ2v) is 10.3. The molecule has 10 heteroatoms. The zero-order chi connectivity index (χ0) is 26.9. The van der Waals surface area contributed by atoms with Gasteiger partial charge in [0.1, 0.15) is 11.7 Å². The number of hydrogen-bond donors (Lipinski definition) is 2. The highest BCUT2D eigenvalue weighted by atomic mass is 19.1. The lowest BCUT2D eigenvalue weighted by Crippen LogP contribution is -2.54. The first-order chi connectivity index (χ1) is 18.3. The van der Waals surface area contributed by atoms with Crippen LogP contribution in [0.2, 0.25) is 0 Å². The van der Waals surface area contributed by atoms with Crippen molar-refractivity contribution in [3.8, 4) is 17.3 Å². The lowest BCUT2D eigenvalue weighted by molar-refractivity contribution is -0.117. The number of halogens is 1. The number of likely N-dealkylation sites (tertiary alicyclic amines) is 1. The molecule has 3 aromatic rings. The number of piperidine rings is 1. The van der Waals surface area contributed by atoms with E-state index in [2.05, 4.69) is 33.1 Å². The summed E-state index contributed by atoms with van der Waals surface area (Å²) in [6.45, 7) is 8.01. The van der Waals surface area contributed by atoms with Crippen LogP contribution in [0.1, 0.15) is 43.7 Å². The highest BCUT2D eigenvalue weighted by Gasteiger charge is 2.46. The van der Waals surface area contributed by atoms with E-state index in [9.17, 15) is 10.1 Å². The number of aryl methyl sites for hydroxylation is 1. The molecule has 9 nitrogen and oxygen atoms in total. The van der Waals surface area contributed by atoms with Gasteiger partial charge in [-0.2, -0.15) is 15.5 Å². The summed E-state index contributed by atoms with van der Waals surface area (Å²) >= 11 is 0. The fraction of sp³-hybridized carbons (Fsp3) is 0.429. The average Bonchev–Trinajstić information content (AvgIpc) is 3.50. The molecule has 1 saturated carbocycles. The molecular formula is C28H33FN8O. The van der Waals surface area contributed by atoms with E-state index in [1.54, 1.807) is 6.20 Å². The number of carbonyl (C=O) groups excluding carboxylic acids is 1. The number of alkyl halides is 1. The number of carbonyl (C=O) groups is 1. The van der Waals surface area contributed by atoms with Crippen LogP contribution in [-0.2, 0) is 23.4 Å². The van der Waals surface area contributed by atoms with E-state index in [1.165, 1.54) is 4.68 Å². The summed E-state index contributed by atoms with van der Waals surface area (Å²) in [5, 5.41) is 21.5. The molecule has 0 spiro atoms. The molecule has 1 amide bonds. The number of nitrogens with two attached hydrogens (primary N) is 1. The third kappa shape index (κ3) is 5.07. The van der Waals surface area contributed by atoms with E-state index < -0.39 is 11.7 Å². The summed E-state index contributed by atoms with van der Waals surface area (Å²) in [4.78, 5) is 14.4. The Morgan fingerprint density at radius 3 is 2.66 bits per heavy atom. The maximum atomic E-state index is 16.0. The molecule has 2 aromatic heterocycles. The third-order valence-corrected chi connectivity index (χ3v) is 7.57. The normalized spacial score (nSPS) is 21.7. The molecule has 2 fully saturated rings. The number of aromatic nitrogens is 4. The van der Waals surface area contributed by atoms with Gasteiger partial charge in [-0.3, -0.25) is 19.1 Å². The summed E-state index contributed by atoms with van der Waals surface area (Å²) in [5.41, 5.74) is 8.54. The third-order valence-electron chi connectivity index (χ3n) is 7.57. The van der Waals surface area contributed by atoms with Gasteiger partial charge < -0.3 is 11.1 Å². The van der Waals surface area contributed by atoms with Gasteiger partial charge >= 0.3 is 0 Å². The highest BCUT2D eigenvalue weighted by molar-refractivity contribution is 5.95. The largest absolute Gasteiger partial charge is 0.399 e. The molecule has 1 aromatic carbocycles. The van der Waals surface area contributed by atoms with E-state index >= 15 is 4.39 Å². The number of nitrogens with zero attached hydrogens (tertiary/aromatic N) is 6. The van der Waals surface area contributed by atoms with Crippen LogP contribution in [0.5, 0.6) is 0 Å². The predicted octanol–water partition coefficient (Wildman–Crippen LogP) is 3.90. The summed E-state index contributed by atoms with van der Waals surface area (Å²) in [6.07, 6.45) is 4.26. The molecule has 0 bridgehead atoms. The number of hydrogen-bond acceptors (Lipinski definition) is 6. The Hall–Kier alpha value is -3.97. The molecule has 1 saturated heterocycles. The Balaban J connectivity index is 1.31. The number of rotatable bonds is 9. The van der Waals surface area contributed by atoms with Crippen molar-refractivity contribution in [1.29, 1.82) is 5.26 Å². The van der Waals surface area contributed by atoms with Crippen LogP contribution in [0.3, 0.4) is 0 Å². The Morgan fingerprint density at radius 2 is 2.05 bits per heavy atom. The van der Waals surface area contributed by atoms with Crippen LogP contribution in [-0.4, -0.2) is 49.6 Å². The Morgan fingerprint density at radius 1 is 1.29 bits per heavy atom. The molecule has 38 heavy (non-hydrogen) atoms. The summed E-state index contributed by atoms with van der Waals surface area (Å²) in [5.74, 6) is 0.126. The SMILES string of the molecule is C=C(N)c1cn(C2(CC#N)CCN(Cc3ccc(-c4ccn(CC)n4)cc3)CC2F)nc1NC(=O)C1CC1. The quantitative estimate of drug-likeness (QED) is 0.445. The number of amides is 1. The van der Waals surface area contributed by atoms with E-state index in [0.29, 0.717) is 25.1 Å². The van der Waals surface area contributed by atoms with Crippen LogP contribution in [0, 0.1) is 17.2 Å². The van der Waals surface area contributed by atoms with Crippen molar-refractivity contribution in [3.63, 3.8) is 0 Å². The minimum Gasteiger partial charge on any atom is -0.399 e. The lowest BCUT2D eigenvalue weighted by atomic mass is 9.83. The van der Waals surface area contributed by atoms with Gasteiger partial charge in [0, 0.05) is 55.8 Å². The molecule has 1 aliphatic heterocycles. The smallest absolute Gasteiger partial charge is 0.228 e. The van der Waals surface area contributed by atoms with E-state index in [4.69, 9.17) is 5.73 Å². The minimum absolute atomic E-state index is 0.0213. The monoisotopic (exact) mass is 516 g/mol. The molecule has 3 heterocycles. The van der Waals surface area contributed by atoms with Crippen molar-refractivity contribution < 1.29 is 9.18 Å². The van der Waals surface area contributed by atoms with Crippen molar-refractivity contribution in [2.75, 3.05) is 18.4 Å². The molecule has 198 valence electrons. The Kier molecular flexibility index (Phi) is 7.04. The van der Waals surface area contributed by atoms with Gasteiger partial charge in [0.05, 0.1) is 23.7 Å². The zero-order valence-electron chi connectivity index (χ0n) is 21.6. The summed E-state index contributed by atoms with van der Waals surface area (Å²) in [6, 6.07) is 12.3. The van der Waals surface area contributed by atoms with Gasteiger partial charge in [0.15, 0.2) is 5.82 Å². The van der Waals surface area contributed by atoms with Crippen molar-refractivity contribution >= 4 is 17.4 Å². The van der Waals surface area contributed by atoms with Gasteiger partial charge in [-0.15, -0.1) is 0 Å². The number of nitrogens with one attached hydrogen (secondary N) is 1. The van der Waals surface area contributed by atoms with Gasteiger partial charge in [-0.05, 0) is 37.8 Å². The van der Waals surface area contributed by atoms with Gasteiger partial charge in [-0.1, -0.05) is 30.8 Å². The number of nitriles is 1. The second kappa shape index (κ2) is 10.4. The van der Waals surface area contributed by atoms with E-state index in [1.807, 2.05) is 48.1 Å². The molecule has 0 radical (unpaired) electrons. The van der Waals surface area contributed by atoms with Crippen LogP contribution >= 0.6 is 0 Å².